The summed E-state index contributed by atoms with van der Waals surface area (Å²) in [5.41, 5.74) is 13.0. The summed E-state index contributed by atoms with van der Waals surface area (Å²) in [6, 6.07) is 15.0. The number of hydrogen-bond acceptors (Lipinski definition) is 24. The number of hydrogen-bond donors (Lipinski definition) is 8. The number of nitrogens with two attached hydrogens (primary N) is 2. The Morgan fingerprint density at radius 3 is 1.34 bits per heavy atom. The van der Waals surface area contributed by atoms with Crippen molar-refractivity contribution in [2.75, 3.05) is 57.8 Å². The average molecular weight is 1370 g/mol. The normalized spacial score (nSPS) is 11.4. The van der Waals surface area contributed by atoms with Gasteiger partial charge in [-0.1, -0.05) is 15.6 Å². The van der Waals surface area contributed by atoms with Gasteiger partial charge in [-0.3, -0.25) is 0 Å². The van der Waals surface area contributed by atoms with Crippen molar-refractivity contribution in [3.63, 3.8) is 0 Å². The summed E-state index contributed by atoms with van der Waals surface area (Å²) >= 11 is 5.93. The Bertz CT molecular complexity index is 3830. The number of carbonyl (C=O) groups is 2. The zero-order valence-electron chi connectivity index (χ0n) is 51.8. The molecule has 2 amide bonds. The second kappa shape index (κ2) is 35.3. The first-order valence-electron chi connectivity index (χ1n) is 25.9. The van der Waals surface area contributed by atoms with Crippen molar-refractivity contribution in [3.05, 3.63) is 118 Å². The number of rotatable bonds is 14. The molecule has 0 aliphatic heterocycles. The van der Waals surface area contributed by atoms with Crippen LogP contribution in [0.3, 0.4) is 0 Å². The van der Waals surface area contributed by atoms with Gasteiger partial charge in [0.05, 0.1) is 52.7 Å². The van der Waals surface area contributed by atoms with Crippen LogP contribution in [-0.2, 0) is 49.9 Å². The Labute approximate surface area is 530 Å². The summed E-state index contributed by atoms with van der Waals surface area (Å²) in [7, 11) is -11.2. The maximum Gasteiger partial charge on any atom is 0.474 e. The zero-order chi connectivity index (χ0) is 67.2. The minimum Gasteiger partial charge on any atom is -1.00 e. The Hall–Kier alpha value is -7.09. The zero-order valence-corrected chi connectivity index (χ0v) is 56.6. The minimum absolute atomic E-state index is 0. The molecule has 7 rings (SSSR count). The molecule has 10 N–H and O–H groups in total. The van der Waals surface area contributed by atoms with E-state index in [1.54, 1.807) is 58.4 Å². The standard InChI is InChI=1S/C12H19N3O4S.C12H15N3O3S.C11H14N4O3S.C10H9ClN2.C7H15NO5S.CH5NO.ClH/c1-12(2,3)19-11(16)13-20(17,18)15-8-6-10(7-9-15)14(4)5;1-8-4-10-11(5-9(8)2)13-6-14-12(10)18-7-15-19(3,16)17;1-7-3-9-10(4-8(7)2)13-5-14-11(9)18-6-15-19(12,16)17;1-6-3-8-9(4-7(6)2)12-5-13-10(8)11;1-7(2,3)13-6(10)8-14(11,12)5-4-9;2-1-3;/h6-9H,1-5H3;4-6,15H,7H2,1-3H3;3-5,15H,6H2,1-2H3,(H2,12,16,17);3-5H,1-2H3;9H,4-5H2,1-3H3,(H,8,10);3H,1-2H2;1H. The Morgan fingerprint density at radius 1 is 0.607 bits per heavy atom. The van der Waals surface area contributed by atoms with E-state index < -0.39 is 76.2 Å². The molecule has 89 heavy (non-hydrogen) atoms. The first-order valence-corrected chi connectivity index (χ1v) is 32.8. The molecule has 0 unspecified atom stereocenters. The molecule has 0 radical (unpaired) electrons. The fourth-order valence-corrected chi connectivity index (χ4v) is 8.53. The lowest BCUT2D eigenvalue weighted by molar-refractivity contribution is -0.512. The Balaban J connectivity index is 0.000000553. The molecule has 7 aromatic rings. The number of aliphatic hydroxyl groups is 2. The van der Waals surface area contributed by atoms with E-state index in [4.69, 9.17) is 45.9 Å². The maximum atomic E-state index is 11.9. The van der Waals surface area contributed by atoms with E-state index in [1.807, 2.05) is 92.5 Å². The molecular weight excluding hydrogens is 1290 g/mol. The van der Waals surface area contributed by atoms with E-state index >= 15 is 0 Å². The lowest BCUT2D eigenvalue weighted by Gasteiger charge is -2.19. The van der Waals surface area contributed by atoms with E-state index in [0.717, 1.165) is 70.9 Å². The number of carbonyl (C=O) groups excluding carboxylic acids is 2. The van der Waals surface area contributed by atoms with Crippen molar-refractivity contribution < 1.29 is 88.8 Å². The number of anilines is 1. The van der Waals surface area contributed by atoms with Gasteiger partial charge in [-0.2, -0.15) is 22.6 Å². The molecule has 494 valence electrons. The van der Waals surface area contributed by atoms with Crippen molar-refractivity contribution in [2.24, 2.45) is 10.9 Å². The van der Waals surface area contributed by atoms with Gasteiger partial charge in [-0.15, -0.1) is 8.42 Å². The van der Waals surface area contributed by atoms with Crippen LogP contribution in [0.5, 0.6) is 11.8 Å². The highest BCUT2D eigenvalue weighted by atomic mass is 35.5. The molecular formula is C53H78Cl2N14O16S4. The lowest BCUT2D eigenvalue weighted by atomic mass is 10.1. The Morgan fingerprint density at radius 2 is 0.966 bits per heavy atom. The van der Waals surface area contributed by atoms with E-state index in [1.165, 1.54) is 42.5 Å². The molecule has 0 saturated heterocycles. The van der Waals surface area contributed by atoms with Crippen LogP contribution in [0, 0.1) is 41.5 Å². The maximum absolute atomic E-state index is 11.9. The van der Waals surface area contributed by atoms with Crippen LogP contribution in [0.4, 0.5) is 15.3 Å². The van der Waals surface area contributed by atoms with Gasteiger partial charge in [-0.25, -0.2) is 66.2 Å². The predicted molar refractivity (Wildman–Crippen MR) is 333 cm³/mol. The van der Waals surface area contributed by atoms with Gasteiger partial charge in [0.15, 0.2) is 25.9 Å². The fraction of sp³-hybridized carbons (Fsp3) is 0.415. The van der Waals surface area contributed by atoms with Crippen molar-refractivity contribution in [3.8, 4) is 11.8 Å². The number of nitrogens with one attached hydrogen (secondary N) is 4. The van der Waals surface area contributed by atoms with Crippen LogP contribution in [-0.4, -0.2) is 150 Å². The second-order valence-electron chi connectivity index (χ2n) is 20.8. The first-order chi connectivity index (χ1) is 40.5. The highest BCUT2D eigenvalue weighted by Gasteiger charge is 2.28. The van der Waals surface area contributed by atoms with E-state index in [9.17, 15) is 43.3 Å². The largest absolute Gasteiger partial charge is 1.00 e. The number of sulfonamides is 2. The van der Waals surface area contributed by atoms with Gasteiger partial charge in [0, 0.05) is 37.3 Å². The smallest absolute Gasteiger partial charge is 0.474 e. The van der Waals surface area contributed by atoms with Gasteiger partial charge < -0.3 is 52.2 Å². The molecule has 3 aromatic carbocycles. The number of halogens is 2. The highest BCUT2D eigenvalue weighted by molar-refractivity contribution is 7.90. The first kappa shape index (κ1) is 79.9. The van der Waals surface area contributed by atoms with Gasteiger partial charge >= 0.3 is 22.4 Å². The van der Waals surface area contributed by atoms with Crippen LogP contribution in [0.2, 0.25) is 5.15 Å². The molecule has 0 atom stereocenters. The number of aromatic nitrogens is 7. The van der Waals surface area contributed by atoms with Crippen LogP contribution in [0.25, 0.3) is 32.7 Å². The third-order valence-electron chi connectivity index (χ3n) is 10.8. The van der Waals surface area contributed by atoms with E-state index in [-0.39, 0.29) is 32.6 Å². The third-order valence-corrected chi connectivity index (χ3v) is 14.7. The predicted octanol–water partition coefficient (Wildman–Crippen LogP) is 0.798. The lowest BCUT2D eigenvalue weighted by Crippen LogP contribution is -3.00. The van der Waals surface area contributed by atoms with Crippen LogP contribution >= 0.6 is 11.6 Å². The number of benzene rings is 3. The van der Waals surface area contributed by atoms with Crippen molar-refractivity contribution in [1.82, 2.24) is 48.8 Å². The van der Waals surface area contributed by atoms with Gasteiger partial charge in [0.25, 0.3) is 10.2 Å². The van der Waals surface area contributed by atoms with Gasteiger partial charge in [0.2, 0.25) is 31.8 Å². The monoisotopic (exact) mass is 1360 g/mol. The average Bonchev–Trinajstić information content (AvgIpc) is 1.61. The van der Waals surface area contributed by atoms with E-state index in [2.05, 4.69) is 54.2 Å². The van der Waals surface area contributed by atoms with Crippen molar-refractivity contribution in [2.45, 2.75) is 94.3 Å². The van der Waals surface area contributed by atoms with Crippen molar-refractivity contribution in [1.29, 1.82) is 0 Å². The van der Waals surface area contributed by atoms with Crippen LogP contribution in [0.15, 0.2) is 79.9 Å². The van der Waals surface area contributed by atoms with Gasteiger partial charge in [-0.05, 0) is 153 Å². The summed E-state index contributed by atoms with van der Waals surface area (Å²) < 4.78 is 118. The number of aryl methyl sites for hydroxylation is 6. The number of nitrogens with zero attached hydrogens (tertiary/aromatic N) is 8. The number of fused-ring (bicyclic) bond motifs is 3. The Kier molecular flexibility index (Phi) is 31.7. The van der Waals surface area contributed by atoms with Crippen molar-refractivity contribution >= 4 is 103 Å². The highest BCUT2D eigenvalue weighted by Crippen LogP contribution is 2.26. The second-order valence-corrected chi connectivity index (χ2v) is 27.8. The van der Waals surface area contributed by atoms with Crippen LogP contribution < -0.4 is 60.5 Å². The number of amides is 2. The molecule has 30 nitrogen and oxygen atoms in total. The molecule has 0 fully saturated rings. The summed E-state index contributed by atoms with van der Waals surface area (Å²) in [4.78, 5) is 48.7. The molecule has 0 bridgehead atoms. The SMILES string of the molecule is CC(C)(C)OC(=O)NS(=O)(=O)CCO.CN(C)c1cc[n+](S(=O)(=O)NC(=O)OC(C)(C)C)cc1.Cc1cc2ncnc(Cl)c2cc1C.Cc1cc2ncnc(OCNS(C)(=O)=O)c2cc1C.Cc1cc2ncnc(OCNS(N)(=O)=O)c2cc1C.NCO.[Cl-]. The van der Waals surface area contributed by atoms with Gasteiger partial charge in [0.1, 0.15) is 35.3 Å². The molecule has 0 aliphatic rings. The van der Waals surface area contributed by atoms with E-state index in [0.29, 0.717) is 16.9 Å². The number of pyridine rings is 1. The molecule has 4 aromatic heterocycles. The summed E-state index contributed by atoms with van der Waals surface area (Å²) in [5.74, 6) is 0.153. The summed E-state index contributed by atoms with van der Waals surface area (Å²) in [6.07, 6.45) is 5.97. The molecule has 0 spiro atoms. The van der Waals surface area contributed by atoms with Crippen LogP contribution in [0.1, 0.15) is 74.9 Å². The topological polar surface area (TPSA) is 433 Å². The molecule has 0 saturated carbocycles. The minimum atomic E-state index is -4.00. The molecule has 36 heteroatoms. The molecule has 0 aliphatic carbocycles. The third kappa shape index (κ3) is 30.3. The summed E-state index contributed by atoms with van der Waals surface area (Å²) in [5, 5.41) is 23.5. The number of ether oxygens (including phenoxy) is 4. The summed E-state index contributed by atoms with van der Waals surface area (Å²) in [6.45, 7) is 20.6. The molecule has 4 heterocycles. The fourth-order valence-electron chi connectivity index (χ4n) is 6.40. The number of aliphatic hydroxyl groups excluding tert-OH is 2. The quantitative estimate of drug-likeness (QED) is 0.0424.